The maximum Gasteiger partial charge on any atom is 0.0992 e. The van der Waals surface area contributed by atoms with Gasteiger partial charge in [-0.2, -0.15) is 0 Å². The second-order valence-electron chi connectivity index (χ2n) is 5.58. The topological polar surface area (TPSA) is 33.1 Å². The van der Waals surface area contributed by atoms with Crippen molar-refractivity contribution in [3.05, 3.63) is 28.8 Å². The van der Waals surface area contributed by atoms with Crippen LogP contribution in [-0.2, 0) is 5.41 Å². The van der Waals surface area contributed by atoms with Gasteiger partial charge in [0.25, 0.3) is 0 Å². The van der Waals surface area contributed by atoms with E-state index >= 15 is 0 Å². The van der Waals surface area contributed by atoms with Crippen molar-refractivity contribution in [3.8, 4) is 0 Å². The van der Waals surface area contributed by atoms with E-state index in [9.17, 15) is 5.11 Å². The van der Waals surface area contributed by atoms with Crippen molar-refractivity contribution in [2.75, 3.05) is 6.61 Å². The van der Waals surface area contributed by atoms with Gasteiger partial charge in [-0.3, -0.25) is 0 Å². The molecule has 0 spiro atoms. The molecule has 0 aliphatic rings. The summed E-state index contributed by atoms with van der Waals surface area (Å²) in [5.41, 5.74) is 2.32. The maximum atomic E-state index is 9.18. The van der Waals surface area contributed by atoms with Crippen LogP contribution in [0.1, 0.15) is 44.2 Å². The van der Waals surface area contributed by atoms with Gasteiger partial charge in [-0.15, -0.1) is 11.3 Å². The number of rotatable bonds is 2. The molecule has 2 aromatic rings. The Morgan fingerprint density at radius 3 is 2.65 bits per heavy atom. The first kappa shape index (κ1) is 12.5. The Morgan fingerprint density at radius 1 is 1.35 bits per heavy atom. The largest absolute Gasteiger partial charge is 0.396 e. The van der Waals surface area contributed by atoms with Gasteiger partial charge in [0.15, 0.2) is 0 Å². The van der Waals surface area contributed by atoms with E-state index in [0.29, 0.717) is 0 Å². The van der Waals surface area contributed by atoms with Gasteiger partial charge in [0.1, 0.15) is 0 Å². The second kappa shape index (κ2) is 4.39. The van der Waals surface area contributed by atoms with Crippen molar-refractivity contribution < 1.29 is 5.11 Å². The van der Waals surface area contributed by atoms with Crippen LogP contribution in [0.2, 0.25) is 0 Å². The highest BCUT2D eigenvalue weighted by Crippen LogP contribution is 2.32. The molecule has 1 aromatic carbocycles. The highest BCUT2D eigenvalue weighted by atomic mass is 32.1. The van der Waals surface area contributed by atoms with Crippen LogP contribution in [-0.4, -0.2) is 16.7 Å². The summed E-state index contributed by atoms with van der Waals surface area (Å²) in [5, 5.41) is 10.3. The van der Waals surface area contributed by atoms with Gasteiger partial charge in [0.05, 0.1) is 15.2 Å². The number of nitrogens with zero attached hydrogens (tertiary/aromatic N) is 1. The molecule has 17 heavy (non-hydrogen) atoms. The Balaban J connectivity index is 2.48. The summed E-state index contributed by atoms with van der Waals surface area (Å²) < 4.78 is 1.23. The van der Waals surface area contributed by atoms with Crippen molar-refractivity contribution in [1.29, 1.82) is 0 Å². The zero-order valence-corrected chi connectivity index (χ0v) is 11.6. The molecular formula is C14H19NOS. The van der Waals surface area contributed by atoms with E-state index in [2.05, 4.69) is 39.0 Å². The van der Waals surface area contributed by atoms with Crippen molar-refractivity contribution in [2.45, 2.75) is 39.0 Å². The molecule has 0 amide bonds. The zero-order chi connectivity index (χ0) is 12.6. The van der Waals surface area contributed by atoms with E-state index in [1.165, 1.54) is 9.71 Å². The van der Waals surface area contributed by atoms with Crippen LogP contribution in [0.25, 0.3) is 10.2 Å². The number of hydrogen-bond donors (Lipinski definition) is 1. The van der Waals surface area contributed by atoms with E-state index in [0.717, 1.165) is 11.1 Å². The molecule has 1 unspecified atom stereocenters. The van der Waals surface area contributed by atoms with Crippen LogP contribution in [0.3, 0.4) is 0 Å². The third kappa shape index (κ3) is 2.50. The molecule has 92 valence electrons. The molecule has 1 heterocycles. The summed E-state index contributed by atoms with van der Waals surface area (Å²) in [7, 11) is 0. The summed E-state index contributed by atoms with van der Waals surface area (Å²) in [6, 6.07) is 6.31. The smallest absolute Gasteiger partial charge is 0.0992 e. The monoisotopic (exact) mass is 249 g/mol. The predicted molar refractivity (Wildman–Crippen MR) is 73.8 cm³/mol. The normalized spacial score (nSPS) is 14.2. The molecule has 1 N–H and O–H groups in total. The Labute approximate surface area is 106 Å². The molecule has 1 atom stereocenters. The summed E-state index contributed by atoms with van der Waals surface area (Å²) in [6.07, 6.45) is 0. The SMILES string of the molecule is CC(CO)c1ccc2sc(C(C)(C)C)nc2c1. The zero-order valence-electron chi connectivity index (χ0n) is 10.8. The first-order valence-corrected chi connectivity index (χ1v) is 6.75. The molecule has 0 bridgehead atoms. The lowest BCUT2D eigenvalue weighted by Crippen LogP contribution is -2.09. The lowest BCUT2D eigenvalue weighted by atomic mass is 9.98. The van der Waals surface area contributed by atoms with Gasteiger partial charge in [0.2, 0.25) is 0 Å². The number of aromatic nitrogens is 1. The third-order valence-corrected chi connectivity index (χ3v) is 4.36. The van der Waals surface area contributed by atoms with Crippen molar-refractivity contribution in [3.63, 3.8) is 0 Å². The van der Waals surface area contributed by atoms with Gasteiger partial charge in [-0.1, -0.05) is 33.8 Å². The Morgan fingerprint density at radius 2 is 2.06 bits per heavy atom. The number of aliphatic hydroxyl groups excluding tert-OH is 1. The van der Waals surface area contributed by atoms with Crippen LogP contribution < -0.4 is 0 Å². The van der Waals surface area contributed by atoms with E-state index in [-0.39, 0.29) is 17.9 Å². The average molecular weight is 249 g/mol. The van der Waals surface area contributed by atoms with E-state index in [1.807, 2.05) is 6.92 Å². The van der Waals surface area contributed by atoms with Gasteiger partial charge >= 0.3 is 0 Å². The summed E-state index contributed by atoms with van der Waals surface area (Å²) in [6.45, 7) is 8.76. The van der Waals surface area contributed by atoms with Crippen LogP contribution in [0.5, 0.6) is 0 Å². The molecular weight excluding hydrogens is 230 g/mol. The standard InChI is InChI=1S/C14H19NOS/c1-9(8-16)10-5-6-12-11(7-10)15-13(17-12)14(2,3)4/h5-7,9,16H,8H2,1-4H3. The molecule has 0 fully saturated rings. The van der Waals surface area contributed by atoms with Crippen LogP contribution in [0, 0.1) is 0 Å². The first-order chi connectivity index (χ1) is 7.91. The fourth-order valence-corrected chi connectivity index (χ4v) is 2.68. The molecule has 0 saturated heterocycles. The fourth-order valence-electron chi connectivity index (χ4n) is 1.68. The van der Waals surface area contributed by atoms with E-state index in [1.54, 1.807) is 11.3 Å². The molecule has 0 radical (unpaired) electrons. The van der Waals surface area contributed by atoms with E-state index < -0.39 is 0 Å². The lowest BCUT2D eigenvalue weighted by Gasteiger charge is -2.13. The van der Waals surface area contributed by atoms with Crippen LogP contribution in [0.15, 0.2) is 18.2 Å². The number of aliphatic hydroxyl groups is 1. The number of benzene rings is 1. The summed E-state index contributed by atoms with van der Waals surface area (Å²) in [5.74, 6) is 0.180. The van der Waals surface area contributed by atoms with Gasteiger partial charge < -0.3 is 5.11 Å². The number of hydrogen-bond acceptors (Lipinski definition) is 3. The highest BCUT2D eigenvalue weighted by molar-refractivity contribution is 7.18. The summed E-state index contributed by atoms with van der Waals surface area (Å²) >= 11 is 1.76. The molecule has 0 saturated carbocycles. The molecule has 1 aromatic heterocycles. The first-order valence-electron chi connectivity index (χ1n) is 5.93. The highest BCUT2D eigenvalue weighted by Gasteiger charge is 2.19. The van der Waals surface area contributed by atoms with Gasteiger partial charge in [-0.25, -0.2) is 4.98 Å². The second-order valence-corrected chi connectivity index (χ2v) is 6.61. The van der Waals surface area contributed by atoms with Gasteiger partial charge in [-0.05, 0) is 17.7 Å². The van der Waals surface area contributed by atoms with Crippen LogP contribution >= 0.6 is 11.3 Å². The van der Waals surface area contributed by atoms with Crippen molar-refractivity contribution in [2.24, 2.45) is 0 Å². The Bertz CT molecular complexity index is 524. The van der Waals surface area contributed by atoms with Crippen molar-refractivity contribution >= 4 is 21.6 Å². The summed E-state index contributed by atoms with van der Waals surface area (Å²) in [4.78, 5) is 4.70. The third-order valence-electron chi connectivity index (χ3n) is 2.90. The van der Waals surface area contributed by atoms with Crippen molar-refractivity contribution in [1.82, 2.24) is 4.98 Å². The molecule has 0 aliphatic carbocycles. The molecule has 0 aliphatic heterocycles. The fraction of sp³-hybridized carbons (Fsp3) is 0.500. The Hall–Kier alpha value is -0.930. The molecule has 2 rings (SSSR count). The minimum absolute atomic E-state index is 0.104. The van der Waals surface area contributed by atoms with Crippen LogP contribution in [0.4, 0.5) is 0 Å². The minimum atomic E-state index is 0.104. The molecule has 2 nitrogen and oxygen atoms in total. The predicted octanol–water partition coefficient (Wildman–Crippen LogP) is 3.69. The minimum Gasteiger partial charge on any atom is -0.396 e. The number of fused-ring (bicyclic) bond motifs is 1. The van der Waals surface area contributed by atoms with Gasteiger partial charge in [0, 0.05) is 17.9 Å². The maximum absolute atomic E-state index is 9.18. The average Bonchev–Trinajstić information content (AvgIpc) is 2.70. The Kier molecular flexibility index (Phi) is 3.23. The quantitative estimate of drug-likeness (QED) is 0.880. The lowest BCUT2D eigenvalue weighted by molar-refractivity contribution is 0.273. The van der Waals surface area contributed by atoms with E-state index in [4.69, 9.17) is 4.98 Å². The molecule has 3 heteroatoms. The number of thiazole rings is 1.